The molecule has 0 radical (unpaired) electrons. The number of pyridine rings is 1. The molecule has 1 aliphatic heterocycles. The molecule has 1 aliphatic rings. The summed E-state index contributed by atoms with van der Waals surface area (Å²) >= 11 is 5.75. The minimum absolute atomic E-state index is 0.0187. The minimum atomic E-state index is -4.51. The highest BCUT2D eigenvalue weighted by atomic mass is 35.5. The van der Waals surface area contributed by atoms with Crippen LogP contribution in [0.5, 0.6) is 5.88 Å². The monoisotopic (exact) mass is 354 g/mol. The Morgan fingerprint density at radius 1 is 1.48 bits per heavy atom. The topological polar surface area (TPSA) is 69.7 Å². The highest BCUT2D eigenvalue weighted by Crippen LogP contribution is 2.25. The molecule has 1 aromatic rings. The summed E-state index contributed by atoms with van der Waals surface area (Å²) < 4.78 is 45.9. The molecule has 23 heavy (non-hydrogen) atoms. The first kappa shape index (κ1) is 17.8. The molecule has 1 saturated heterocycles. The van der Waals surface area contributed by atoms with E-state index in [0.717, 1.165) is 25.1 Å². The Labute approximate surface area is 134 Å². The zero-order valence-electron chi connectivity index (χ0n) is 11.9. The molecule has 0 aliphatic carbocycles. The summed E-state index contributed by atoms with van der Waals surface area (Å²) in [5.41, 5.74) is 2.21. The van der Waals surface area contributed by atoms with Crippen molar-refractivity contribution in [3.63, 3.8) is 0 Å². The highest BCUT2D eigenvalue weighted by Gasteiger charge is 2.29. The van der Waals surface area contributed by atoms with Crippen molar-refractivity contribution in [2.45, 2.75) is 31.7 Å². The Balaban J connectivity index is 1.89. The fraction of sp³-hybridized carbons (Fsp3) is 0.538. The zero-order chi connectivity index (χ0) is 16.9. The SMILES string of the molecule is O=C(NOC1CCCCO1)c1cnc(OCC(F)(F)F)c(Cl)c1. The van der Waals surface area contributed by atoms with E-state index < -0.39 is 30.9 Å². The van der Waals surface area contributed by atoms with Gasteiger partial charge in [-0.25, -0.2) is 15.3 Å². The highest BCUT2D eigenvalue weighted by molar-refractivity contribution is 6.32. The van der Waals surface area contributed by atoms with Crippen molar-refractivity contribution in [3.8, 4) is 5.88 Å². The standard InChI is InChI=1S/C13H14ClF3N2O4/c14-9-5-8(6-18-12(9)22-7-13(15,16)17)11(20)19-23-10-3-1-2-4-21-10/h5-6,10H,1-4,7H2,(H,19,20). The number of carbonyl (C=O) groups excluding carboxylic acids is 1. The van der Waals surface area contributed by atoms with Gasteiger partial charge < -0.3 is 9.47 Å². The zero-order valence-corrected chi connectivity index (χ0v) is 12.6. The number of alkyl halides is 3. The van der Waals surface area contributed by atoms with E-state index in [0.29, 0.717) is 13.0 Å². The molecule has 0 bridgehead atoms. The van der Waals surface area contributed by atoms with Crippen LogP contribution >= 0.6 is 11.6 Å². The summed E-state index contributed by atoms with van der Waals surface area (Å²) in [7, 11) is 0. The van der Waals surface area contributed by atoms with Crippen LogP contribution in [0.25, 0.3) is 0 Å². The summed E-state index contributed by atoms with van der Waals surface area (Å²) in [6, 6.07) is 1.14. The molecule has 1 atom stereocenters. The van der Waals surface area contributed by atoms with Crippen molar-refractivity contribution >= 4 is 17.5 Å². The van der Waals surface area contributed by atoms with Gasteiger partial charge in [-0.3, -0.25) is 4.79 Å². The molecule has 0 aromatic carbocycles. The second kappa shape index (κ2) is 7.80. The maximum atomic E-state index is 12.1. The van der Waals surface area contributed by atoms with Gasteiger partial charge in [0.2, 0.25) is 5.88 Å². The van der Waals surface area contributed by atoms with E-state index in [1.165, 1.54) is 0 Å². The summed E-state index contributed by atoms with van der Waals surface area (Å²) in [5.74, 6) is -1.05. The molecule has 0 saturated carbocycles. The van der Waals surface area contributed by atoms with Crippen molar-refractivity contribution < 1.29 is 32.3 Å². The Bertz CT molecular complexity index is 551. The van der Waals surface area contributed by atoms with Crippen LogP contribution in [0.1, 0.15) is 29.6 Å². The van der Waals surface area contributed by atoms with Gasteiger partial charge in [-0.05, 0) is 18.9 Å². The number of hydrogen-bond donors (Lipinski definition) is 1. The van der Waals surface area contributed by atoms with E-state index in [9.17, 15) is 18.0 Å². The van der Waals surface area contributed by atoms with Crippen molar-refractivity contribution in [1.29, 1.82) is 0 Å². The van der Waals surface area contributed by atoms with E-state index in [1.54, 1.807) is 0 Å². The maximum Gasteiger partial charge on any atom is 0.422 e. The number of hydroxylamine groups is 1. The van der Waals surface area contributed by atoms with E-state index in [4.69, 9.17) is 21.2 Å². The minimum Gasteiger partial charge on any atom is -0.467 e. The molecular weight excluding hydrogens is 341 g/mol. The number of rotatable bonds is 5. The van der Waals surface area contributed by atoms with Crippen molar-refractivity contribution in [2.75, 3.05) is 13.2 Å². The average molecular weight is 355 g/mol. The first-order chi connectivity index (χ1) is 10.8. The van der Waals surface area contributed by atoms with Gasteiger partial charge in [0.25, 0.3) is 5.91 Å². The van der Waals surface area contributed by atoms with E-state index >= 15 is 0 Å². The third kappa shape index (κ3) is 5.85. The second-order valence-electron chi connectivity index (χ2n) is 4.76. The van der Waals surface area contributed by atoms with Crippen LogP contribution in [-0.4, -0.2) is 36.6 Å². The van der Waals surface area contributed by atoms with Gasteiger partial charge in [-0.1, -0.05) is 11.6 Å². The van der Waals surface area contributed by atoms with Crippen molar-refractivity contribution in [1.82, 2.24) is 10.5 Å². The van der Waals surface area contributed by atoms with Gasteiger partial charge in [0, 0.05) is 19.2 Å². The van der Waals surface area contributed by atoms with Crippen LogP contribution in [0.15, 0.2) is 12.3 Å². The van der Waals surface area contributed by atoms with Crippen LogP contribution in [0, 0.1) is 0 Å². The Hall–Kier alpha value is -1.58. The molecule has 0 spiro atoms. The molecule has 128 valence electrons. The van der Waals surface area contributed by atoms with Crippen LogP contribution in [-0.2, 0) is 9.57 Å². The molecule has 10 heteroatoms. The van der Waals surface area contributed by atoms with Gasteiger partial charge in [-0.15, -0.1) is 0 Å². The van der Waals surface area contributed by atoms with Gasteiger partial charge >= 0.3 is 6.18 Å². The average Bonchev–Trinajstić information content (AvgIpc) is 2.51. The molecule has 6 nitrogen and oxygen atoms in total. The van der Waals surface area contributed by atoms with Gasteiger partial charge in [0.1, 0.15) is 5.02 Å². The lowest BCUT2D eigenvalue weighted by Crippen LogP contribution is -2.33. The molecule has 1 amide bonds. The molecule has 1 N–H and O–H groups in total. The lowest BCUT2D eigenvalue weighted by molar-refractivity contribution is -0.186. The van der Waals surface area contributed by atoms with Crippen LogP contribution in [0.4, 0.5) is 13.2 Å². The van der Waals surface area contributed by atoms with Crippen molar-refractivity contribution in [2.24, 2.45) is 0 Å². The summed E-state index contributed by atoms with van der Waals surface area (Å²) in [5, 5.41) is -0.212. The number of hydrogen-bond acceptors (Lipinski definition) is 5. The smallest absolute Gasteiger partial charge is 0.422 e. The van der Waals surface area contributed by atoms with Crippen LogP contribution < -0.4 is 10.2 Å². The fourth-order valence-electron chi connectivity index (χ4n) is 1.79. The number of halogens is 4. The van der Waals surface area contributed by atoms with E-state index in [1.807, 2.05) is 0 Å². The summed E-state index contributed by atoms with van der Waals surface area (Å²) in [6.45, 7) is -0.966. The number of nitrogens with one attached hydrogen (secondary N) is 1. The quantitative estimate of drug-likeness (QED) is 0.823. The van der Waals surface area contributed by atoms with Crippen molar-refractivity contribution in [3.05, 3.63) is 22.8 Å². The van der Waals surface area contributed by atoms with E-state index in [-0.39, 0.29) is 10.6 Å². The lowest BCUT2D eigenvalue weighted by atomic mass is 10.2. The molecule has 2 heterocycles. The number of aromatic nitrogens is 1. The van der Waals surface area contributed by atoms with E-state index in [2.05, 4.69) is 15.2 Å². The number of carbonyl (C=O) groups is 1. The summed E-state index contributed by atoms with van der Waals surface area (Å²) in [4.78, 5) is 20.5. The van der Waals surface area contributed by atoms with Gasteiger partial charge in [0.05, 0.1) is 5.56 Å². The predicted molar refractivity (Wildman–Crippen MR) is 72.9 cm³/mol. The van der Waals surface area contributed by atoms with Crippen LogP contribution in [0.2, 0.25) is 5.02 Å². The first-order valence-electron chi connectivity index (χ1n) is 6.78. The number of ether oxygens (including phenoxy) is 2. The number of amides is 1. The first-order valence-corrected chi connectivity index (χ1v) is 7.15. The third-order valence-corrected chi connectivity index (χ3v) is 3.13. The Morgan fingerprint density at radius 2 is 2.26 bits per heavy atom. The van der Waals surface area contributed by atoms with Gasteiger partial charge in [-0.2, -0.15) is 13.2 Å². The molecule has 1 unspecified atom stereocenters. The Kier molecular flexibility index (Phi) is 6.03. The number of nitrogens with zero attached hydrogens (tertiary/aromatic N) is 1. The van der Waals surface area contributed by atoms with Crippen LogP contribution in [0.3, 0.4) is 0 Å². The lowest BCUT2D eigenvalue weighted by Gasteiger charge is -2.22. The fourth-order valence-corrected chi connectivity index (χ4v) is 2.01. The largest absolute Gasteiger partial charge is 0.467 e. The van der Waals surface area contributed by atoms with Gasteiger partial charge in [0.15, 0.2) is 12.9 Å². The molecule has 1 fully saturated rings. The summed E-state index contributed by atoms with van der Waals surface area (Å²) in [6.07, 6.45) is -1.46. The normalized spacial score (nSPS) is 18.5. The predicted octanol–water partition coefficient (Wildman–Crippen LogP) is 2.86. The molecule has 2 rings (SSSR count). The molecular formula is C13H14ClF3N2O4. The Morgan fingerprint density at radius 3 is 2.87 bits per heavy atom. The molecule has 1 aromatic heterocycles. The second-order valence-corrected chi connectivity index (χ2v) is 5.17. The third-order valence-electron chi connectivity index (χ3n) is 2.86. The maximum absolute atomic E-state index is 12.1.